The second-order valence-corrected chi connectivity index (χ2v) is 8.06. The molecule has 2 amide bonds. The molecule has 2 aliphatic rings. The molecule has 0 aromatic carbocycles. The predicted octanol–water partition coefficient (Wildman–Crippen LogP) is 2.23. The van der Waals surface area contributed by atoms with E-state index in [0.29, 0.717) is 38.3 Å². The molecule has 0 radical (unpaired) electrons. The van der Waals surface area contributed by atoms with Gasteiger partial charge in [0.15, 0.2) is 0 Å². The third kappa shape index (κ3) is 7.57. The standard InChI is InChI=1S/C22H34N2O6/c1-15(14-25)5-7-20-16(2)13-19(18(4)30-20)23-21(26)8-6-17(3)29-22(27)24-9-11-28-12-10-24/h5-6,8,14,16-20H,7,9-13H2,1-4H3,(H,23,26)/t16-,17-,18+,19+,20-/m0/s1. The Kier molecular flexibility index (Phi) is 9.52. The van der Waals surface area contributed by atoms with E-state index < -0.39 is 12.2 Å². The van der Waals surface area contributed by atoms with Crippen molar-refractivity contribution in [2.24, 2.45) is 5.92 Å². The Morgan fingerprint density at radius 3 is 2.63 bits per heavy atom. The van der Waals surface area contributed by atoms with Crippen molar-refractivity contribution in [3.63, 3.8) is 0 Å². The van der Waals surface area contributed by atoms with Gasteiger partial charge in [0.1, 0.15) is 12.4 Å². The van der Waals surface area contributed by atoms with Gasteiger partial charge in [-0.2, -0.15) is 0 Å². The number of hydrogen-bond donors (Lipinski definition) is 1. The molecule has 30 heavy (non-hydrogen) atoms. The lowest BCUT2D eigenvalue weighted by Crippen LogP contribution is -2.50. The van der Waals surface area contributed by atoms with Crippen LogP contribution < -0.4 is 5.32 Å². The van der Waals surface area contributed by atoms with Crippen LogP contribution in [0.4, 0.5) is 4.79 Å². The van der Waals surface area contributed by atoms with E-state index in [-0.39, 0.29) is 30.1 Å². The van der Waals surface area contributed by atoms with Crippen LogP contribution in [0.25, 0.3) is 0 Å². The Morgan fingerprint density at radius 2 is 1.97 bits per heavy atom. The van der Waals surface area contributed by atoms with Crippen LogP contribution in [0.1, 0.15) is 40.5 Å². The minimum Gasteiger partial charge on any atom is -0.442 e. The SMILES string of the molecule is CC(C=O)=CC[C@@H]1O[C@H](C)[C@H](NC(=O)C=C[C@H](C)OC(=O)N2CCOCC2)C[C@@H]1C. The minimum absolute atomic E-state index is 0.0261. The summed E-state index contributed by atoms with van der Waals surface area (Å²) in [7, 11) is 0. The van der Waals surface area contributed by atoms with E-state index in [1.54, 1.807) is 24.8 Å². The van der Waals surface area contributed by atoms with Crippen LogP contribution in [-0.4, -0.2) is 73.8 Å². The Morgan fingerprint density at radius 1 is 1.27 bits per heavy atom. The van der Waals surface area contributed by atoms with Gasteiger partial charge in [-0.15, -0.1) is 0 Å². The first-order chi connectivity index (χ1) is 14.3. The molecule has 168 valence electrons. The first kappa shape index (κ1) is 24.1. The molecule has 0 unspecified atom stereocenters. The van der Waals surface area contributed by atoms with Crippen molar-refractivity contribution >= 4 is 18.3 Å². The van der Waals surface area contributed by atoms with Crippen molar-refractivity contribution in [2.75, 3.05) is 26.3 Å². The molecule has 0 spiro atoms. The zero-order valence-corrected chi connectivity index (χ0v) is 18.3. The maximum Gasteiger partial charge on any atom is 0.410 e. The molecular weight excluding hydrogens is 388 g/mol. The Balaban J connectivity index is 1.78. The average molecular weight is 423 g/mol. The Labute approximate surface area is 178 Å². The number of hydrogen-bond acceptors (Lipinski definition) is 6. The van der Waals surface area contributed by atoms with Gasteiger partial charge in [0.25, 0.3) is 0 Å². The summed E-state index contributed by atoms with van der Waals surface area (Å²) in [6.45, 7) is 9.57. The van der Waals surface area contributed by atoms with Crippen LogP contribution >= 0.6 is 0 Å². The summed E-state index contributed by atoms with van der Waals surface area (Å²) in [5.41, 5.74) is 0.697. The highest BCUT2D eigenvalue weighted by Crippen LogP contribution is 2.27. The van der Waals surface area contributed by atoms with Gasteiger partial charge < -0.3 is 24.4 Å². The third-order valence-electron chi connectivity index (χ3n) is 5.48. The van der Waals surface area contributed by atoms with Gasteiger partial charge in [0.05, 0.1) is 31.5 Å². The summed E-state index contributed by atoms with van der Waals surface area (Å²) in [6, 6.07) is -0.101. The van der Waals surface area contributed by atoms with Crippen molar-refractivity contribution in [1.29, 1.82) is 0 Å². The molecule has 0 aliphatic carbocycles. The largest absolute Gasteiger partial charge is 0.442 e. The van der Waals surface area contributed by atoms with Gasteiger partial charge >= 0.3 is 6.09 Å². The first-order valence-electron chi connectivity index (χ1n) is 10.6. The van der Waals surface area contributed by atoms with Crippen LogP contribution in [0.2, 0.25) is 0 Å². The molecule has 8 nitrogen and oxygen atoms in total. The summed E-state index contributed by atoms with van der Waals surface area (Å²) in [5.74, 6) is 0.00616. The number of ether oxygens (including phenoxy) is 3. The molecule has 2 saturated heterocycles. The predicted molar refractivity (Wildman–Crippen MR) is 112 cm³/mol. The normalized spacial score (nSPS) is 28.8. The molecule has 2 rings (SSSR count). The summed E-state index contributed by atoms with van der Waals surface area (Å²) < 4.78 is 16.6. The van der Waals surface area contributed by atoms with E-state index in [1.165, 1.54) is 6.08 Å². The fraction of sp³-hybridized carbons (Fsp3) is 0.682. The number of rotatable bonds is 7. The number of nitrogens with one attached hydrogen (secondary N) is 1. The van der Waals surface area contributed by atoms with Crippen LogP contribution in [0.3, 0.4) is 0 Å². The van der Waals surface area contributed by atoms with Gasteiger partial charge in [-0.05, 0) is 51.2 Å². The van der Waals surface area contributed by atoms with Crippen molar-refractivity contribution < 1.29 is 28.6 Å². The lowest BCUT2D eigenvalue weighted by molar-refractivity contribution is -0.123. The van der Waals surface area contributed by atoms with Gasteiger partial charge in [0.2, 0.25) is 5.91 Å². The minimum atomic E-state index is -0.512. The molecule has 0 aromatic rings. The molecule has 5 atom stereocenters. The van der Waals surface area contributed by atoms with Gasteiger partial charge in [-0.25, -0.2) is 4.79 Å². The van der Waals surface area contributed by atoms with Crippen LogP contribution in [0, 0.1) is 5.92 Å². The van der Waals surface area contributed by atoms with Crippen molar-refractivity contribution in [2.45, 2.75) is 64.9 Å². The highest BCUT2D eigenvalue weighted by molar-refractivity contribution is 5.87. The molecule has 1 N–H and O–H groups in total. The van der Waals surface area contributed by atoms with Gasteiger partial charge in [0, 0.05) is 19.2 Å². The molecule has 8 heteroatoms. The van der Waals surface area contributed by atoms with E-state index in [0.717, 1.165) is 12.7 Å². The van der Waals surface area contributed by atoms with Crippen molar-refractivity contribution in [1.82, 2.24) is 10.2 Å². The number of carbonyl (C=O) groups is 3. The summed E-state index contributed by atoms with van der Waals surface area (Å²) >= 11 is 0. The molecule has 0 bridgehead atoms. The van der Waals surface area contributed by atoms with Crippen LogP contribution in [0.15, 0.2) is 23.8 Å². The third-order valence-corrected chi connectivity index (χ3v) is 5.48. The quantitative estimate of drug-likeness (QED) is 0.499. The number of carbonyl (C=O) groups excluding carboxylic acids is 3. The fourth-order valence-corrected chi connectivity index (χ4v) is 3.54. The van der Waals surface area contributed by atoms with Gasteiger partial charge in [-0.1, -0.05) is 13.0 Å². The number of allylic oxidation sites excluding steroid dienone is 1. The summed E-state index contributed by atoms with van der Waals surface area (Å²) in [6.07, 6.45) is 6.16. The molecule has 2 heterocycles. The van der Waals surface area contributed by atoms with Crippen LogP contribution in [-0.2, 0) is 23.8 Å². The molecule has 0 aromatic heterocycles. The van der Waals surface area contributed by atoms with Crippen molar-refractivity contribution in [3.8, 4) is 0 Å². The average Bonchev–Trinajstić information content (AvgIpc) is 2.74. The van der Waals surface area contributed by atoms with E-state index in [2.05, 4.69) is 12.2 Å². The molecule has 0 saturated carbocycles. The zero-order valence-electron chi connectivity index (χ0n) is 18.3. The molecular formula is C22H34N2O6. The topological polar surface area (TPSA) is 94.2 Å². The highest BCUT2D eigenvalue weighted by Gasteiger charge is 2.33. The lowest BCUT2D eigenvalue weighted by atomic mass is 9.88. The van der Waals surface area contributed by atoms with E-state index in [9.17, 15) is 14.4 Å². The van der Waals surface area contributed by atoms with Gasteiger partial charge in [-0.3, -0.25) is 9.59 Å². The first-order valence-corrected chi connectivity index (χ1v) is 10.6. The second kappa shape index (κ2) is 11.9. The van der Waals surface area contributed by atoms with Crippen LogP contribution in [0.5, 0.6) is 0 Å². The highest BCUT2D eigenvalue weighted by atomic mass is 16.6. The molecule has 2 fully saturated rings. The lowest BCUT2D eigenvalue weighted by Gasteiger charge is -2.39. The Hall–Kier alpha value is -2.19. The number of amides is 2. The van der Waals surface area contributed by atoms with E-state index in [1.807, 2.05) is 13.0 Å². The smallest absolute Gasteiger partial charge is 0.410 e. The molecule has 2 aliphatic heterocycles. The number of morpholine rings is 1. The second-order valence-electron chi connectivity index (χ2n) is 8.06. The number of nitrogens with zero attached hydrogens (tertiary/aromatic N) is 1. The fourth-order valence-electron chi connectivity index (χ4n) is 3.54. The Bertz CT molecular complexity index is 656. The summed E-state index contributed by atoms with van der Waals surface area (Å²) in [4.78, 5) is 36.7. The maximum absolute atomic E-state index is 12.3. The van der Waals surface area contributed by atoms with E-state index >= 15 is 0 Å². The monoisotopic (exact) mass is 422 g/mol. The van der Waals surface area contributed by atoms with E-state index in [4.69, 9.17) is 14.2 Å². The summed E-state index contributed by atoms with van der Waals surface area (Å²) in [5, 5.41) is 2.98. The maximum atomic E-state index is 12.3. The number of aldehydes is 1. The van der Waals surface area contributed by atoms with Crippen molar-refractivity contribution in [3.05, 3.63) is 23.8 Å². The zero-order chi connectivity index (χ0) is 22.1.